The summed E-state index contributed by atoms with van der Waals surface area (Å²) in [7, 11) is 1.33. The Morgan fingerprint density at radius 2 is 1.88 bits per heavy atom. The summed E-state index contributed by atoms with van der Waals surface area (Å²) in [6, 6.07) is 10.3. The Morgan fingerprint density at radius 3 is 2.50 bits per heavy atom. The highest BCUT2D eigenvalue weighted by Gasteiger charge is 2.25. The first-order valence-corrected chi connectivity index (χ1v) is 9.66. The minimum atomic E-state index is -0.419. The van der Waals surface area contributed by atoms with Crippen molar-refractivity contribution in [2.24, 2.45) is 0 Å². The van der Waals surface area contributed by atoms with E-state index in [1.54, 1.807) is 30.5 Å². The number of nitrogens with one attached hydrogen (secondary N) is 1. The minimum absolute atomic E-state index is 0.0178. The summed E-state index contributed by atoms with van der Waals surface area (Å²) in [4.78, 5) is 26.3. The predicted molar refractivity (Wildman–Crippen MR) is 100 cm³/mol. The lowest BCUT2D eigenvalue weighted by Crippen LogP contribution is -2.41. The van der Waals surface area contributed by atoms with Gasteiger partial charge in [-0.25, -0.2) is 4.79 Å². The molecule has 0 radical (unpaired) electrons. The Morgan fingerprint density at radius 1 is 1.19 bits per heavy atom. The topological polar surface area (TPSA) is 71.8 Å². The van der Waals surface area contributed by atoms with Gasteiger partial charge in [-0.05, 0) is 36.4 Å². The van der Waals surface area contributed by atoms with Gasteiger partial charge in [0.25, 0.3) is 5.91 Å². The number of carbonyl (C=O) groups excluding carboxylic acids is 2. The van der Waals surface area contributed by atoms with Crippen molar-refractivity contribution in [1.82, 2.24) is 10.2 Å². The van der Waals surface area contributed by atoms with E-state index in [-0.39, 0.29) is 11.9 Å². The van der Waals surface area contributed by atoms with Gasteiger partial charge in [0.05, 0.1) is 25.0 Å². The summed E-state index contributed by atoms with van der Waals surface area (Å²) in [6.45, 7) is 2.41. The Kier molecular flexibility index (Phi) is 6.35. The molecule has 1 saturated heterocycles. The van der Waals surface area contributed by atoms with Gasteiger partial charge in [-0.1, -0.05) is 0 Å². The molecule has 138 valence electrons. The van der Waals surface area contributed by atoms with Gasteiger partial charge in [0.15, 0.2) is 0 Å². The monoisotopic (exact) mass is 374 g/mol. The summed E-state index contributed by atoms with van der Waals surface area (Å²) in [5.41, 5.74) is 0.924. The smallest absolute Gasteiger partial charge is 0.337 e. The number of thioether (sulfide) groups is 1. The van der Waals surface area contributed by atoms with Crippen molar-refractivity contribution in [2.75, 3.05) is 38.2 Å². The number of nitrogens with zero attached hydrogens (tertiary/aromatic N) is 1. The van der Waals surface area contributed by atoms with Gasteiger partial charge in [-0.2, -0.15) is 11.8 Å². The molecule has 0 spiro atoms. The molecule has 2 aromatic rings. The third kappa shape index (κ3) is 4.47. The summed E-state index contributed by atoms with van der Waals surface area (Å²) in [5, 5.41) is 2.98. The van der Waals surface area contributed by atoms with Gasteiger partial charge in [-0.3, -0.25) is 9.69 Å². The number of hydrogen-bond acceptors (Lipinski definition) is 6. The van der Waals surface area contributed by atoms with E-state index in [0.717, 1.165) is 30.4 Å². The largest absolute Gasteiger partial charge is 0.468 e. The van der Waals surface area contributed by atoms with Gasteiger partial charge in [0, 0.05) is 36.7 Å². The van der Waals surface area contributed by atoms with Crippen molar-refractivity contribution in [3.05, 3.63) is 59.5 Å². The molecule has 1 aromatic heterocycles. The SMILES string of the molecule is COC(=O)c1ccc(C(=O)NC[C@@H](c2ccco2)N2CCSCC2)cc1. The van der Waals surface area contributed by atoms with Crippen LogP contribution in [0.25, 0.3) is 0 Å². The zero-order valence-electron chi connectivity index (χ0n) is 14.6. The van der Waals surface area contributed by atoms with Crippen LogP contribution in [0.4, 0.5) is 0 Å². The van der Waals surface area contributed by atoms with Crippen LogP contribution in [0.15, 0.2) is 47.1 Å². The van der Waals surface area contributed by atoms with Crippen LogP contribution in [-0.4, -0.2) is 55.0 Å². The molecular weight excluding hydrogens is 352 g/mol. The number of carbonyl (C=O) groups is 2. The fourth-order valence-corrected chi connectivity index (χ4v) is 3.88. The fourth-order valence-electron chi connectivity index (χ4n) is 2.95. The lowest BCUT2D eigenvalue weighted by atomic mass is 10.1. The quantitative estimate of drug-likeness (QED) is 0.784. The average Bonchev–Trinajstić information content (AvgIpc) is 3.23. The maximum Gasteiger partial charge on any atom is 0.337 e. The molecule has 6 nitrogen and oxygen atoms in total. The van der Waals surface area contributed by atoms with E-state index in [9.17, 15) is 9.59 Å². The maximum absolute atomic E-state index is 12.5. The lowest BCUT2D eigenvalue weighted by Gasteiger charge is -2.33. The molecule has 1 amide bonds. The number of amides is 1. The number of rotatable bonds is 6. The molecule has 3 rings (SSSR count). The third-order valence-corrected chi connectivity index (χ3v) is 5.32. The van der Waals surface area contributed by atoms with E-state index in [4.69, 9.17) is 4.42 Å². The molecule has 1 aliphatic rings. The average molecular weight is 374 g/mol. The zero-order valence-corrected chi connectivity index (χ0v) is 15.5. The third-order valence-electron chi connectivity index (χ3n) is 4.38. The van der Waals surface area contributed by atoms with Crippen LogP contribution in [0.3, 0.4) is 0 Å². The van der Waals surface area contributed by atoms with Crippen LogP contribution in [-0.2, 0) is 4.74 Å². The molecule has 0 unspecified atom stereocenters. The Hall–Kier alpha value is -2.25. The van der Waals surface area contributed by atoms with Crippen molar-refractivity contribution in [3.63, 3.8) is 0 Å². The number of benzene rings is 1. The van der Waals surface area contributed by atoms with Crippen LogP contribution in [0.2, 0.25) is 0 Å². The van der Waals surface area contributed by atoms with Crippen LogP contribution in [0, 0.1) is 0 Å². The minimum Gasteiger partial charge on any atom is -0.468 e. The second kappa shape index (κ2) is 8.91. The van der Waals surface area contributed by atoms with Gasteiger partial charge < -0.3 is 14.5 Å². The summed E-state index contributed by atoms with van der Waals surface area (Å²) >= 11 is 1.94. The van der Waals surface area contributed by atoms with Crippen molar-refractivity contribution < 1.29 is 18.7 Å². The van der Waals surface area contributed by atoms with Crippen LogP contribution in [0.5, 0.6) is 0 Å². The molecule has 7 heteroatoms. The van der Waals surface area contributed by atoms with Gasteiger partial charge in [-0.15, -0.1) is 0 Å². The van der Waals surface area contributed by atoms with Crippen molar-refractivity contribution in [2.45, 2.75) is 6.04 Å². The second-order valence-electron chi connectivity index (χ2n) is 5.96. The molecule has 1 fully saturated rings. The van der Waals surface area contributed by atoms with Crippen LogP contribution in [0.1, 0.15) is 32.5 Å². The molecule has 0 bridgehead atoms. The van der Waals surface area contributed by atoms with E-state index in [2.05, 4.69) is 15.0 Å². The summed E-state index contributed by atoms with van der Waals surface area (Å²) in [6.07, 6.45) is 1.66. The second-order valence-corrected chi connectivity index (χ2v) is 7.18. The number of methoxy groups -OCH3 is 1. The normalized spacial score (nSPS) is 16.0. The predicted octanol–water partition coefficient (Wildman–Crippen LogP) is 2.59. The molecule has 1 atom stereocenters. The van der Waals surface area contributed by atoms with Gasteiger partial charge in [0.2, 0.25) is 0 Å². The standard InChI is InChI=1S/C19H22N2O4S/c1-24-19(23)15-6-4-14(5-7-15)18(22)20-13-16(17-3-2-10-25-17)21-8-11-26-12-9-21/h2-7,10,16H,8-9,11-13H2,1H3,(H,20,22)/t16-/m0/s1. The number of ether oxygens (including phenoxy) is 1. The maximum atomic E-state index is 12.5. The molecule has 26 heavy (non-hydrogen) atoms. The first-order chi connectivity index (χ1) is 12.7. The van der Waals surface area contributed by atoms with Gasteiger partial charge in [0.1, 0.15) is 5.76 Å². The van der Waals surface area contributed by atoms with Crippen molar-refractivity contribution in [1.29, 1.82) is 0 Å². The molecule has 2 heterocycles. The van der Waals surface area contributed by atoms with E-state index >= 15 is 0 Å². The molecular formula is C19H22N2O4S. The Balaban J connectivity index is 1.64. The Bertz CT molecular complexity index is 725. The van der Waals surface area contributed by atoms with Gasteiger partial charge >= 0.3 is 5.97 Å². The first kappa shape index (κ1) is 18.5. The van der Waals surface area contributed by atoms with E-state index in [1.165, 1.54) is 7.11 Å². The van der Waals surface area contributed by atoms with Crippen molar-refractivity contribution in [3.8, 4) is 0 Å². The zero-order chi connectivity index (χ0) is 18.4. The number of hydrogen-bond donors (Lipinski definition) is 1. The van der Waals surface area contributed by atoms with E-state index in [1.807, 2.05) is 23.9 Å². The summed E-state index contributed by atoms with van der Waals surface area (Å²) < 4.78 is 10.3. The van der Waals surface area contributed by atoms with Crippen molar-refractivity contribution >= 4 is 23.6 Å². The number of esters is 1. The van der Waals surface area contributed by atoms with Crippen LogP contribution >= 0.6 is 11.8 Å². The first-order valence-electron chi connectivity index (χ1n) is 8.51. The highest BCUT2D eigenvalue weighted by atomic mass is 32.2. The molecule has 1 aromatic carbocycles. The summed E-state index contributed by atoms with van der Waals surface area (Å²) in [5.74, 6) is 2.43. The highest BCUT2D eigenvalue weighted by Crippen LogP contribution is 2.24. The molecule has 1 N–H and O–H groups in total. The molecule has 1 aliphatic heterocycles. The highest BCUT2D eigenvalue weighted by molar-refractivity contribution is 7.99. The lowest BCUT2D eigenvalue weighted by molar-refractivity contribution is 0.0600. The van der Waals surface area contributed by atoms with E-state index in [0.29, 0.717) is 17.7 Å². The molecule has 0 aliphatic carbocycles. The molecule has 0 saturated carbocycles. The Labute approximate surface area is 156 Å². The van der Waals surface area contributed by atoms with E-state index < -0.39 is 5.97 Å². The van der Waals surface area contributed by atoms with Crippen LogP contribution < -0.4 is 5.32 Å². The fraction of sp³-hybridized carbons (Fsp3) is 0.368. The number of furan rings is 1.